The van der Waals surface area contributed by atoms with Crippen molar-refractivity contribution in [2.75, 3.05) is 0 Å². The Balaban J connectivity index is 0. The average molecular weight is 270 g/mol. The largest absolute Gasteiger partial charge is 0 e. The van der Waals surface area contributed by atoms with Crippen molar-refractivity contribution >= 4 is 22.5 Å². The van der Waals surface area contributed by atoms with Crippen LogP contribution in [0.5, 0.6) is 0 Å². The van der Waals surface area contributed by atoms with E-state index in [2.05, 4.69) is 15.5 Å². The van der Waals surface area contributed by atoms with Crippen LogP contribution >= 0.6 is 0 Å². The van der Waals surface area contributed by atoms with Crippen LogP contribution in [0.15, 0.2) is 0 Å². The standard InChI is InChI=1S/B3.U/c1-3-2;. The van der Waals surface area contributed by atoms with Crippen molar-refractivity contribution in [3.63, 3.8) is 0 Å². The van der Waals surface area contributed by atoms with Gasteiger partial charge in [0.1, 0.15) is 0 Å². The van der Waals surface area contributed by atoms with Crippen LogP contribution in [0.25, 0.3) is 0 Å². The summed E-state index contributed by atoms with van der Waals surface area (Å²) >= 11 is 0. The molecule has 0 aliphatic rings. The summed E-state index contributed by atoms with van der Waals surface area (Å²) in [4.78, 5) is 0. The Kier molecular flexibility index (Phi) is 19.9. The topological polar surface area (TPSA) is 0 Å². The van der Waals surface area contributed by atoms with E-state index in [9.17, 15) is 0 Å². The predicted octanol–water partition coefficient (Wildman–Crippen LogP) is -1.14. The van der Waals surface area contributed by atoms with Crippen LogP contribution in [-0.2, 0) is 0 Å². The summed E-state index contributed by atoms with van der Waals surface area (Å²) < 4.78 is 0. The molecule has 0 rings (SSSR count). The van der Waals surface area contributed by atoms with Gasteiger partial charge in [0, 0.05) is 53.6 Å². The summed E-state index contributed by atoms with van der Waals surface area (Å²) in [5, 5.41) is 0. The molecule has 4 heteroatoms. The summed E-state index contributed by atoms with van der Waals surface area (Å²) in [6.45, 7) is 0. The molecule has 0 saturated heterocycles. The zero-order valence-electron chi connectivity index (χ0n) is 2.23. The molecule has 0 unspecified atom stereocenters. The van der Waals surface area contributed by atoms with Gasteiger partial charge in [0.15, 0.2) is 0 Å². The van der Waals surface area contributed by atoms with Gasteiger partial charge in [-0.3, -0.25) is 0 Å². The SMILES string of the molecule is [B][B][B].[U]. The number of rotatable bonds is 0. The Morgan fingerprint density at radius 3 is 1.25 bits per heavy atom. The molecule has 0 aliphatic heterocycles. The first-order valence-corrected chi connectivity index (χ1v) is 0.667. The van der Waals surface area contributed by atoms with Crippen LogP contribution in [0.1, 0.15) is 0 Å². The van der Waals surface area contributed by atoms with E-state index in [1.807, 2.05) is 0 Å². The molecule has 0 fully saturated rings. The normalized spacial score (nSPS) is 3.00. The van der Waals surface area contributed by atoms with Gasteiger partial charge in [0.2, 0.25) is 0 Å². The van der Waals surface area contributed by atoms with Gasteiger partial charge in [-0.1, -0.05) is 0 Å². The van der Waals surface area contributed by atoms with Crippen molar-refractivity contribution in [2.24, 2.45) is 0 Å². The molecule has 0 heterocycles. The van der Waals surface area contributed by atoms with E-state index in [0.29, 0.717) is 0 Å². The maximum Gasteiger partial charge on any atom is 0 e. The molecule has 0 amide bonds. The second-order valence-electron chi connectivity index (χ2n) is 0.192. The fraction of sp³-hybridized carbons (Fsp3) is 0. The summed E-state index contributed by atoms with van der Waals surface area (Å²) in [6.07, 6.45) is 0. The molecule has 0 bridgehead atoms. The molecule has 0 spiro atoms. The minimum Gasteiger partial charge on any atom is 0 e. The second-order valence-corrected chi connectivity index (χ2v) is 0.192. The van der Waals surface area contributed by atoms with E-state index in [4.69, 9.17) is 0 Å². The van der Waals surface area contributed by atoms with Crippen molar-refractivity contribution in [2.45, 2.75) is 0 Å². The van der Waals surface area contributed by atoms with Crippen LogP contribution in [0.2, 0.25) is 0 Å². The third kappa shape index (κ3) is 10.5. The second kappa shape index (κ2) is 8.87. The molecule has 5 radical (unpaired) electrons. The van der Waals surface area contributed by atoms with E-state index < -0.39 is 0 Å². The van der Waals surface area contributed by atoms with E-state index in [1.54, 1.807) is 0 Å². The van der Waals surface area contributed by atoms with Gasteiger partial charge in [-0.2, -0.15) is 0 Å². The molecular formula is B3U. The van der Waals surface area contributed by atoms with Gasteiger partial charge in [0.25, 0.3) is 0 Å². The van der Waals surface area contributed by atoms with Crippen molar-refractivity contribution in [3.8, 4) is 0 Å². The minimum absolute atomic E-state index is 0. The Labute approximate surface area is 53.5 Å². The molecule has 0 aromatic carbocycles. The molecular weight excluding hydrogens is 270 g/mol. The first kappa shape index (κ1) is 8.98. The smallest absolute Gasteiger partial charge is 0 e. The number of hydrogen-bond donors (Lipinski definition) is 0. The number of hydrogen-bond acceptors (Lipinski definition) is 0. The van der Waals surface area contributed by atoms with Crippen molar-refractivity contribution in [1.82, 2.24) is 0 Å². The summed E-state index contributed by atoms with van der Waals surface area (Å²) in [5.41, 5.74) is 0. The van der Waals surface area contributed by atoms with Crippen molar-refractivity contribution in [1.29, 1.82) is 0 Å². The predicted molar refractivity (Wildman–Crippen MR) is 17.3 cm³/mol. The van der Waals surface area contributed by atoms with Crippen LogP contribution in [0.3, 0.4) is 0 Å². The van der Waals surface area contributed by atoms with Crippen LogP contribution < -0.4 is 0 Å². The van der Waals surface area contributed by atoms with E-state index in [0.717, 1.165) is 7.06 Å². The zero-order chi connectivity index (χ0) is 2.71. The van der Waals surface area contributed by atoms with E-state index >= 15 is 0 Å². The third-order valence-corrected chi connectivity index (χ3v) is 0. The molecule has 0 nitrogen and oxygen atoms in total. The minimum atomic E-state index is 0. The Bertz CT molecular complexity index is 3.25. The summed E-state index contributed by atoms with van der Waals surface area (Å²) in [7, 11) is 10.0. The molecule has 0 aromatic rings. The maximum absolute atomic E-state index is 4.50. The van der Waals surface area contributed by atoms with Crippen molar-refractivity contribution < 1.29 is 31.1 Å². The van der Waals surface area contributed by atoms with Gasteiger partial charge in [-0.25, -0.2) is 0 Å². The van der Waals surface area contributed by atoms with E-state index in [1.165, 1.54) is 0 Å². The summed E-state index contributed by atoms with van der Waals surface area (Å²) in [5.74, 6) is 0. The quantitative estimate of drug-likeness (QED) is 0.488. The average Bonchev–Trinajstić information content (AvgIpc) is 0.918. The van der Waals surface area contributed by atoms with Crippen LogP contribution in [-0.4, -0.2) is 22.5 Å². The Hall–Kier alpha value is 1.25. The van der Waals surface area contributed by atoms with Gasteiger partial charge >= 0.3 is 0 Å². The van der Waals surface area contributed by atoms with Gasteiger partial charge in [-0.05, 0) is 0 Å². The van der Waals surface area contributed by atoms with Crippen molar-refractivity contribution in [3.05, 3.63) is 0 Å². The molecule has 4 heavy (non-hydrogen) atoms. The molecule has 0 N–H and O–H groups in total. The van der Waals surface area contributed by atoms with Gasteiger partial charge in [0.05, 0.1) is 0 Å². The Morgan fingerprint density at radius 1 is 1.25 bits per heavy atom. The molecule has 0 aliphatic carbocycles. The zero-order valence-corrected chi connectivity index (χ0v) is 6.40. The first-order chi connectivity index (χ1) is 1.41. The first-order valence-electron chi connectivity index (χ1n) is 0.667. The molecule has 0 aromatic heterocycles. The Morgan fingerprint density at radius 2 is 1.25 bits per heavy atom. The molecule has 0 saturated carbocycles. The van der Waals surface area contributed by atoms with Crippen LogP contribution in [0, 0.1) is 31.1 Å². The van der Waals surface area contributed by atoms with Gasteiger partial charge in [-0.15, -0.1) is 0 Å². The maximum atomic E-state index is 4.50. The fourth-order valence-electron chi connectivity index (χ4n) is 0. The fourth-order valence-corrected chi connectivity index (χ4v) is 0. The van der Waals surface area contributed by atoms with E-state index in [-0.39, 0.29) is 31.1 Å². The van der Waals surface area contributed by atoms with Gasteiger partial charge < -0.3 is 0 Å². The monoisotopic (exact) mass is 271 g/mol. The third-order valence-electron chi connectivity index (χ3n) is 0. The molecule has 13 valence electrons. The van der Waals surface area contributed by atoms with Crippen LogP contribution in [0.4, 0.5) is 0 Å². The molecule has 0 atom stereocenters. The summed E-state index contributed by atoms with van der Waals surface area (Å²) in [6, 6.07) is 0.